The molecule has 0 spiro atoms. The third kappa shape index (κ3) is 1.23. The quantitative estimate of drug-likeness (QED) is 0.698. The third-order valence-electron chi connectivity index (χ3n) is 1.88. The van der Waals surface area contributed by atoms with Crippen molar-refractivity contribution in [2.24, 2.45) is 5.73 Å². The lowest BCUT2D eigenvalue weighted by molar-refractivity contribution is 0.398. The second-order valence-corrected chi connectivity index (χ2v) is 2.68. The van der Waals surface area contributed by atoms with Crippen LogP contribution in [-0.2, 0) is 6.54 Å². The predicted octanol–water partition coefficient (Wildman–Crippen LogP) is 0.425. The van der Waals surface area contributed by atoms with Crippen LogP contribution in [0.5, 0.6) is 5.88 Å². The second kappa shape index (κ2) is 3.02. The third-order valence-corrected chi connectivity index (χ3v) is 1.88. The van der Waals surface area contributed by atoms with Gasteiger partial charge in [0.25, 0.3) is 0 Å². The molecule has 0 saturated carbocycles. The molecule has 2 rings (SSSR count). The minimum absolute atomic E-state index is 0.470. The van der Waals surface area contributed by atoms with E-state index >= 15 is 0 Å². The summed E-state index contributed by atoms with van der Waals surface area (Å²) < 4.78 is 5.05. The highest BCUT2D eigenvalue weighted by Gasteiger charge is 2.06. The van der Waals surface area contributed by atoms with E-state index in [9.17, 15) is 0 Å². The topological polar surface area (TPSA) is 76.8 Å². The van der Waals surface area contributed by atoms with Crippen LogP contribution in [0.25, 0.3) is 10.9 Å². The number of H-pyrrole nitrogens is 1. The monoisotopic (exact) mass is 178 g/mol. The summed E-state index contributed by atoms with van der Waals surface area (Å²) in [5.41, 5.74) is 7.34. The van der Waals surface area contributed by atoms with E-state index in [2.05, 4.69) is 15.2 Å². The van der Waals surface area contributed by atoms with Crippen molar-refractivity contribution in [1.29, 1.82) is 0 Å². The van der Waals surface area contributed by atoms with Crippen molar-refractivity contribution >= 4 is 10.9 Å². The summed E-state index contributed by atoms with van der Waals surface area (Å²) in [6.07, 6.45) is 1.65. The minimum Gasteiger partial charge on any atom is -0.479 e. The largest absolute Gasteiger partial charge is 0.479 e. The lowest BCUT2D eigenvalue weighted by atomic mass is 10.3. The summed E-state index contributed by atoms with van der Waals surface area (Å²) >= 11 is 0. The Balaban J connectivity index is 2.67. The molecule has 0 radical (unpaired) electrons. The summed E-state index contributed by atoms with van der Waals surface area (Å²) in [4.78, 5) is 3.11. The lowest BCUT2D eigenvalue weighted by Gasteiger charge is -1.96. The van der Waals surface area contributed by atoms with Gasteiger partial charge in [0.05, 0.1) is 24.2 Å². The Hall–Kier alpha value is -1.62. The Kier molecular flexibility index (Phi) is 1.86. The number of ether oxygens (including phenoxy) is 1. The van der Waals surface area contributed by atoms with Gasteiger partial charge in [-0.3, -0.25) is 0 Å². The van der Waals surface area contributed by atoms with E-state index in [0.717, 1.165) is 16.6 Å². The van der Waals surface area contributed by atoms with Crippen molar-refractivity contribution in [3.63, 3.8) is 0 Å². The van der Waals surface area contributed by atoms with Crippen molar-refractivity contribution < 1.29 is 4.74 Å². The molecular weight excluding hydrogens is 168 g/mol. The zero-order valence-electron chi connectivity index (χ0n) is 7.24. The molecule has 0 aromatic carbocycles. The van der Waals surface area contributed by atoms with Crippen LogP contribution in [0.3, 0.4) is 0 Å². The van der Waals surface area contributed by atoms with Gasteiger partial charge < -0.3 is 15.5 Å². The molecule has 13 heavy (non-hydrogen) atoms. The van der Waals surface area contributed by atoms with Gasteiger partial charge in [-0.1, -0.05) is 0 Å². The zero-order chi connectivity index (χ0) is 9.26. The number of nitrogens with two attached hydrogens (primary N) is 1. The molecule has 0 saturated heterocycles. The van der Waals surface area contributed by atoms with E-state index in [-0.39, 0.29) is 0 Å². The molecule has 5 heteroatoms. The van der Waals surface area contributed by atoms with Crippen molar-refractivity contribution in [3.05, 3.63) is 18.0 Å². The van der Waals surface area contributed by atoms with Crippen LogP contribution in [0, 0.1) is 0 Å². The molecular formula is C8H10N4O. The first kappa shape index (κ1) is 8.00. The number of fused-ring (bicyclic) bond motifs is 1. The minimum atomic E-state index is 0.470. The highest BCUT2D eigenvalue weighted by atomic mass is 16.5. The number of nitrogens with one attached hydrogen (secondary N) is 1. The van der Waals surface area contributed by atoms with Gasteiger partial charge in [-0.2, -0.15) is 5.10 Å². The fourth-order valence-electron chi connectivity index (χ4n) is 1.26. The lowest BCUT2D eigenvalue weighted by Crippen LogP contribution is -1.94. The van der Waals surface area contributed by atoms with Gasteiger partial charge in [0.15, 0.2) is 0 Å². The van der Waals surface area contributed by atoms with Crippen molar-refractivity contribution in [2.75, 3.05) is 7.11 Å². The molecule has 0 aliphatic rings. The van der Waals surface area contributed by atoms with Gasteiger partial charge in [0.1, 0.15) is 0 Å². The first-order valence-corrected chi connectivity index (χ1v) is 3.92. The summed E-state index contributed by atoms with van der Waals surface area (Å²) in [5.74, 6) is 0.522. The number of hydrogen-bond donors (Lipinski definition) is 2. The Bertz CT molecular complexity index is 423. The molecule has 0 aliphatic heterocycles. The number of aromatic amines is 1. The number of rotatable bonds is 2. The van der Waals surface area contributed by atoms with E-state index in [0.29, 0.717) is 12.4 Å². The van der Waals surface area contributed by atoms with Crippen LogP contribution >= 0.6 is 0 Å². The highest BCUT2D eigenvalue weighted by Crippen LogP contribution is 2.21. The molecule has 68 valence electrons. The summed E-state index contributed by atoms with van der Waals surface area (Å²) in [7, 11) is 1.57. The number of aromatic nitrogens is 3. The van der Waals surface area contributed by atoms with E-state index in [1.165, 1.54) is 0 Å². The second-order valence-electron chi connectivity index (χ2n) is 2.68. The van der Waals surface area contributed by atoms with Gasteiger partial charge in [0.2, 0.25) is 5.88 Å². The molecule has 2 aromatic heterocycles. The molecule has 2 heterocycles. The van der Waals surface area contributed by atoms with E-state index < -0.39 is 0 Å². The molecule has 3 N–H and O–H groups in total. The Morgan fingerprint density at radius 3 is 3.15 bits per heavy atom. The number of hydrogen-bond acceptors (Lipinski definition) is 4. The molecule has 0 atom stereocenters. The Morgan fingerprint density at radius 2 is 2.46 bits per heavy atom. The maximum atomic E-state index is 5.49. The van der Waals surface area contributed by atoms with Crippen LogP contribution < -0.4 is 10.5 Å². The van der Waals surface area contributed by atoms with Gasteiger partial charge >= 0.3 is 0 Å². The fraction of sp³-hybridized carbons (Fsp3) is 0.250. The smallest absolute Gasteiger partial charge is 0.242 e. The molecule has 0 fully saturated rings. The Morgan fingerprint density at radius 1 is 1.62 bits per heavy atom. The van der Waals surface area contributed by atoms with Crippen molar-refractivity contribution in [2.45, 2.75) is 6.54 Å². The van der Waals surface area contributed by atoms with Crippen molar-refractivity contribution in [1.82, 2.24) is 15.2 Å². The zero-order valence-corrected chi connectivity index (χ0v) is 7.24. The van der Waals surface area contributed by atoms with Crippen LogP contribution in [-0.4, -0.2) is 22.3 Å². The summed E-state index contributed by atoms with van der Waals surface area (Å²) in [6, 6.07) is 1.92. The Labute approximate surface area is 74.9 Å². The van der Waals surface area contributed by atoms with Gasteiger partial charge in [-0.25, -0.2) is 0 Å². The SMILES string of the molecule is COc1nncc2[nH]c(CN)cc12. The first-order valence-electron chi connectivity index (χ1n) is 3.92. The molecule has 0 aliphatic carbocycles. The predicted molar refractivity (Wildman–Crippen MR) is 48.3 cm³/mol. The van der Waals surface area contributed by atoms with E-state index in [4.69, 9.17) is 10.5 Å². The maximum absolute atomic E-state index is 5.49. The van der Waals surface area contributed by atoms with E-state index in [1.807, 2.05) is 6.07 Å². The number of methoxy groups -OCH3 is 1. The van der Waals surface area contributed by atoms with Crippen LogP contribution in [0.4, 0.5) is 0 Å². The highest BCUT2D eigenvalue weighted by molar-refractivity contribution is 5.84. The molecule has 0 unspecified atom stereocenters. The van der Waals surface area contributed by atoms with Gasteiger partial charge in [-0.15, -0.1) is 5.10 Å². The normalized spacial score (nSPS) is 10.6. The molecule has 2 aromatic rings. The van der Waals surface area contributed by atoms with Crippen LogP contribution in [0.1, 0.15) is 5.69 Å². The molecule has 0 amide bonds. The van der Waals surface area contributed by atoms with Crippen molar-refractivity contribution in [3.8, 4) is 5.88 Å². The molecule has 5 nitrogen and oxygen atoms in total. The first-order chi connectivity index (χ1) is 6.35. The summed E-state index contributed by atoms with van der Waals surface area (Å²) in [5, 5.41) is 8.54. The summed E-state index contributed by atoms with van der Waals surface area (Å²) in [6.45, 7) is 0.470. The van der Waals surface area contributed by atoms with Gasteiger partial charge in [-0.05, 0) is 6.07 Å². The molecule has 0 bridgehead atoms. The fourth-order valence-corrected chi connectivity index (χ4v) is 1.26. The van der Waals surface area contributed by atoms with Gasteiger partial charge in [0, 0.05) is 12.2 Å². The van der Waals surface area contributed by atoms with Crippen LogP contribution in [0.15, 0.2) is 12.3 Å². The number of nitrogens with zero attached hydrogens (tertiary/aromatic N) is 2. The van der Waals surface area contributed by atoms with E-state index in [1.54, 1.807) is 13.3 Å². The average Bonchev–Trinajstić information content (AvgIpc) is 2.59. The maximum Gasteiger partial charge on any atom is 0.242 e. The standard InChI is InChI=1S/C8H10N4O/c1-13-8-6-2-5(3-9)11-7(6)4-10-12-8/h2,4,11H,3,9H2,1H3. The van der Waals surface area contributed by atoms with Crippen LogP contribution in [0.2, 0.25) is 0 Å². The average molecular weight is 178 g/mol.